The standard InChI is InChI=1S/C20H17N/c1-15-4-10-19(11-5-15)16(2)6-7-17(3)20-12-8-18(14-21)9-13-20/h4-13H,2-3H2,1H3/b7-6-. The normalized spacial score (nSPS) is 10.3. The van der Waals surface area contributed by atoms with E-state index in [2.05, 4.69) is 50.4 Å². The van der Waals surface area contributed by atoms with Gasteiger partial charge in [-0.3, -0.25) is 0 Å². The number of nitriles is 1. The maximum absolute atomic E-state index is 8.79. The van der Waals surface area contributed by atoms with Gasteiger partial charge in [-0.2, -0.15) is 5.26 Å². The summed E-state index contributed by atoms with van der Waals surface area (Å²) < 4.78 is 0. The van der Waals surface area contributed by atoms with Crippen LogP contribution in [0.25, 0.3) is 11.1 Å². The van der Waals surface area contributed by atoms with Crippen LogP contribution in [0.3, 0.4) is 0 Å². The van der Waals surface area contributed by atoms with Gasteiger partial charge in [0.05, 0.1) is 11.6 Å². The SMILES string of the molecule is C=C(/C=C\C(=C)c1ccc(C#N)cc1)c1ccc(C)cc1. The highest BCUT2D eigenvalue weighted by Gasteiger charge is 1.98. The van der Waals surface area contributed by atoms with Gasteiger partial charge in [0.1, 0.15) is 0 Å². The smallest absolute Gasteiger partial charge is 0.0991 e. The summed E-state index contributed by atoms with van der Waals surface area (Å²) in [6.45, 7) is 10.2. The Hall–Kier alpha value is -2.85. The van der Waals surface area contributed by atoms with Crippen LogP contribution in [0.1, 0.15) is 22.3 Å². The Morgan fingerprint density at radius 3 is 1.71 bits per heavy atom. The van der Waals surface area contributed by atoms with Gasteiger partial charge in [-0.25, -0.2) is 0 Å². The van der Waals surface area contributed by atoms with Gasteiger partial charge in [0.2, 0.25) is 0 Å². The van der Waals surface area contributed by atoms with Gasteiger partial charge in [-0.1, -0.05) is 67.3 Å². The van der Waals surface area contributed by atoms with Gasteiger partial charge in [0.25, 0.3) is 0 Å². The minimum atomic E-state index is 0.652. The van der Waals surface area contributed by atoms with Gasteiger partial charge in [-0.15, -0.1) is 0 Å². The van der Waals surface area contributed by atoms with Crippen LogP contribution >= 0.6 is 0 Å². The molecule has 0 unspecified atom stereocenters. The molecule has 0 atom stereocenters. The Balaban J connectivity index is 2.09. The van der Waals surface area contributed by atoms with Crippen LogP contribution in [0, 0.1) is 18.3 Å². The van der Waals surface area contributed by atoms with Crippen molar-refractivity contribution in [2.75, 3.05) is 0 Å². The van der Waals surface area contributed by atoms with Crippen molar-refractivity contribution in [2.45, 2.75) is 6.92 Å². The largest absolute Gasteiger partial charge is 0.192 e. The highest BCUT2D eigenvalue weighted by molar-refractivity contribution is 5.79. The van der Waals surface area contributed by atoms with Crippen LogP contribution in [0.5, 0.6) is 0 Å². The van der Waals surface area contributed by atoms with Gasteiger partial charge in [0, 0.05) is 0 Å². The third kappa shape index (κ3) is 3.81. The molecule has 1 heteroatoms. The summed E-state index contributed by atoms with van der Waals surface area (Å²) in [5.41, 5.74) is 5.83. The lowest BCUT2D eigenvalue weighted by atomic mass is 10.0. The number of allylic oxidation sites excluding steroid dienone is 4. The number of benzene rings is 2. The second kappa shape index (κ2) is 6.54. The second-order valence-electron chi connectivity index (χ2n) is 4.94. The zero-order chi connectivity index (χ0) is 15.2. The van der Waals surface area contributed by atoms with E-state index in [1.54, 1.807) is 12.1 Å². The van der Waals surface area contributed by atoms with E-state index in [0.717, 1.165) is 22.3 Å². The average Bonchev–Trinajstić information content (AvgIpc) is 2.53. The molecule has 0 saturated carbocycles. The van der Waals surface area contributed by atoms with Crippen LogP contribution in [-0.2, 0) is 0 Å². The Kier molecular flexibility index (Phi) is 4.53. The minimum Gasteiger partial charge on any atom is -0.192 e. The monoisotopic (exact) mass is 271 g/mol. The minimum absolute atomic E-state index is 0.652. The van der Waals surface area contributed by atoms with Gasteiger partial charge in [-0.05, 0) is 41.3 Å². The highest BCUT2D eigenvalue weighted by atomic mass is 14.2. The summed E-state index contributed by atoms with van der Waals surface area (Å²) in [5, 5.41) is 8.79. The lowest BCUT2D eigenvalue weighted by Crippen LogP contribution is -1.82. The number of hydrogen-bond donors (Lipinski definition) is 0. The second-order valence-corrected chi connectivity index (χ2v) is 4.94. The molecule has 0 radical (unpaired) electrons. The van der Waals surface area contributed by atoms with Crippen molar-refractivity contribution < 1.29 is 0 Å². The molecule has 21 heavy (non-hydrogen) atoms. The van der Waals surface area contributed by atoms with Crippen LogP contribution in [-0.4, -0.2) is 0 Å². The van der Waals surface area contributed by atoms with Crippen LogP contribution in [0.2, 0.25) is 0 Å². The maximum atomic E-state index is 8.79. The first-order chi connectivity index (χ1) is 10.1. The van der Waals surface area contributed by atoms with Crippen molar-refractivity contribution in [3.63, 3.8) is 0 Å². The molecule has 0 heterocycles. The Morgan fingerprint density at radius 2 is 1.29 bits per heavy atom. The van der Waals surface area contributed by atoms with Gasteiger partial charge >= 0.3 is 0 Å². The molecule has 0 spiro atoms. The summed E-state index contributed by atoms with van der Waals surface area (Å²) >= 11 is 0. The fourth-order valence-corrected chi connectivity index (χ4v) is 1.92. The molecule has 0 aliphatic rings. The zero-order valence-corrected chi connectivity index (χ0v) is 12.1. The quantitative estimate of drug-likeness (QED) is 0.705. The predicted molar refractivity (Wildman–Crippen MR) is 89.5 cm³/mol. The van der Waals surface area contributed by atoms with Crippen molar-refractivity contribution in [3.8, 4) is 6.07 Å². The van der Waals surface area contributed by atoms with Crippen LogP contribution in [0.15, 0.2) is 73.8 Å². The first-order valence-corrected chi connectivity index (χ1v) is 6.73. The molecule has 0 aliphatic heterocycles. The molecular formula is C20H17N. The predicted octanol–water partition coefficient (Wildman–Crippen LogP) is 5.15. The number of nitrogens with zero attached hydrogens (tertiary/aromatic N) is 1. The van der Waals surface area contributed by atoms with E-state index in [0.29, 0.717) is 5.56 Å². The molecule has 0 aromatic heterocycles. The topological polar surface area (TPSA) is 23.8 Å². The molecule has 2 rings (SSSR count). The fraction of sp³-hybridized carbons (Fsp3) is 0.0500. The molecule has 2 aromatic carbocycles. The first kappa shape index (κ1) is 14.6. The van der Waals surface area contributed by atoms with E-state index in [-0.39, 0.29) is 0 Å². The van der Waals surface area contributed by atoms with Crippen LogP contribution < -0.4 is 0 Å². The third-order valence-corrected chi connectivity index (χ3v) is 3.29. The summed E-state index contributed by atoms with van der Waals surface area (Å²) in [5.74, 6) is 0. The number of rotatable bonds is 4. The van der Waals surface area contributed by atoms with E-state index in [9.17, 15) is 0 Å². The van der Waals surface area contributed by atoms with Crippen molar-refractivity contribution in [3.05, 3.63) is 96.1 Å². The Morgan fingerprint density at radius 1 is 0.857 bits per heavy atom. The highest BCUT2D eigenvalue weighted by Crippen LogP contribution is 2.19. The molecule has 0 amide bonds. The molecule has 0 saturated heterocycles. The number of aryl methyl sites for hydroxylation is 1. The van der Waals surface area contributed by atoms with E-state index in [1.165, 1.54) is 5.56 Å². The molecule has 0 N–H and O–H groups in total. The van der Waals surface area contributed by atoms with Crippen molar-refractivity contribution in [1.82, 2.24) is 0 Å². The van der Waals surface area contributed by atoms with E-state index in [4.69, 9.17) is 5.26 Å². The zero-order valence-electron chi connectivity index (χ0n) is 12.1. The Labute approximate surface area is 126 Å². The summed E-state index contributed by atoms with van der Waals surface area (Å²) in [7, 11) is 0. The summed E-state index contributed by atoms with van der Waals surface area (Å²) in [6, 6.07) is 17.8. The molecular weight excluding hydrogens is 254 g/mol. The summed E-state index contributed by atoms with van der Waals surface area (Å²) in [4.78, 5) is 0. The lowest BCUT2D eigenvalue weighted by Gasteiger charge is -2.03. The van der Waals surface area contributed by atoms with E-state index >= 15 is 0 Å². The molecule has 2 aromatic rings. The fourth-order valence-electron chi connectivity index (χ4n) is 1.92. The lowest BCUT2D eigenvalue weighted by molar-refractivity contribution is 1.46. The van der Waals surface area contributed by atoms with E-state index in [1.807, 2.05) is 24.3 Å². The van der Waals surface area contributed by atoms with Gasteiger partial charge in [0.15, 0.2) is 0 Å². The van der Waals surface area contributed by atoms with Gasteiger partial charge < -0.3 is 0 Å². The molecule has 0 fully saturated rings. The van der Waals surface area contributed by atoms with Crippen molar-refractivity contribution >= 4 is 11.1 Å². The third-order valence-electron chi connectivity index (χ3n) is 3.29. The molecule has 102 valence electrons. The first-order valence-electron chi connectivity index (χ1n) is 6.73. The molecule has 0 aliphatic carbocycles. The van der Waals surface area contributed by atoms with Crippen LogP contribution in [0.4, 0.5) is 0 Å². The average molecular weight is 271 g/mol. The molecule has 1 nitrogen and oxygen atoms in total. The van der Waals surface area contributed by atoms with E-state index < -0.39 is 0 Å². The Bertz CT molecular complexity index is 723. The van der Waals surface area contributed by atoms with Crippen molar-refractivity contribution in [1.29, 1.82) is 5.26 Å². The van der Waals surface area contributed by atoms with Crippen molar-refractivity contribution in [2.24, 2.45) is 0 Å². The molecule has 0 bridgehead atoms. The number of hydrogen-bond acceptors (Lipinski definition) is 1. The maximum Gasteiger partial charge on any atom is 0.0991 e. The summed E-state index contributed by atoms with van der Waals surface area (Å²) in [6.07, 6.45) is 3.91.